The van der Waals surface area contributed by atoms with Crippen molar-refractivity contribution in [2.45, 2.75) is 13.0 Å². The molecule has 2 aromatic rings. The first-order valence-corrected chi connectivity index (χ1v) is 8.44. The molecule has 6 heteroatoms. The van der Waals surface area contributed by atoms with Gasteiger partial charge in [-0.3, -0.25) is 9.59 Å². The molecule has 25 heavy (non-hydrogen) atoms. The number of rotatable bonds is 4. The molecule has 3 rings (SSSR count). The zero-order chi connectivity index (χ0) is 17.8. The molecule has 0 spiro atoms. The van der Waals surface area contributed by atoms with Crippen LogP contribution >= 0.6 is 11.6 Å². The van der Waals surface area contributed by atoms with Gasteiger partial charge in [0.1, 0.15) is 11.8 Å². The molecule has 5 nitrogen and oxygen atoms in total. The number of carbonyl (C=O) groups is 2. The predicted octanol–water partition coefficient (Wildman–Crippen LogP) is 2.73. The molecule has 2 aromatic carbocycles. The van der Waals surface area contributed by atoms with Crippen molar-refractivity contribution in [2.24, 2.45) is 0 Å². The molecule has 1 atom stereocenters. The smallest absolute Gasteiger partial charge is 0.261 e. The first-order valence-electron chi connectivity index (χ1n) is 8.07. The van der Waals surface area contributed by atoms with Crippen molar-refractivity contribution in [3.8, 4) is 5.75 Å². The van der Waals surface area contributed by atoms with E-state index in [0.29, 0.717) is 29.4 Å². The van der Waals surface area contributed by atoms with E-state index in [1.54, 1.807) is 29.2 Å². The second-order valence-corrected chi connectivity index (χ2v) is 6.37. The second-order valence-electron chi connectivity index (χ2n) is 5.94. The van der Waals surface area contributed by atoms with Crippen molar-refractivity contribution in [2.75, 3.05) is 19.7 Å². The lowest BCUT2D eigenvalue weighted by molar-refractivity contribution is -0.145. The largest absolute Gasteiger partial charge is 0.484 e. The van der Waals surface area contributed by atoms with Gasteiger partial charge in [-0.1, -0.05) is 41.4 Å². The Bertz CT molecular complexity index is 776. The molecule has 1 fully saturated rings. The number of piperazine rings is 1. The van der Waals surface area contributed by atoms with Gasteiger partial charge in [-0.2, -0.15) is 0 Å². The summed E-state index contributed by atoms with van der Waals surface area (Å²) in [7, 11) is 0. The van der Waals surface area contributed by atoms with Gasteiger partial charge in [0.15, 0.2) is 6.61 Å². The summed E-state index contributed by atoms with van der Waals surface area (Å²) >= 11 is 6.03. The van der Waals surface area contributed by atoms with E-state index in [1.165, 1.54) is 0 Å². The topological polar surface area (TPSA) is 58.6 Å². The molecule has 1 N–H and O–H groups in total. The molecule has 0 aromatic heterocycles. The minimum absolute atomic E-state index is 0.118. The molecule has 2 amide bonds. The maximum absolute atomic E-state index is 12.6. The minimum Gasteiger partial charge on any atom is -0.484 e. The lowest BCUT2D eigenvalue weighted by atomic mass is 10.0. The van der Waals surface area contributed by atoms with Gasteiger partial charge >= 0.3 is 0 Å². The highest BCUT2D eigenvalue weighted by atomic mass is 35.5. The van der Waals surface area contributed by atoms with Crippen LogP contribution in [-0.2, 0) is 9.59 Å². The molecule has 1 aliphatic heterocycles. The SMILES string of the molecule is Cc1ccc(OCC(=O)N2CCNC(=O)C2c2cccc(Cl)c2)cc1. The summed E-state index contributed by atoms with van der Waals surface area (Å²) in [5.74, 6) is 0.178. The molecule has 1 aliphatic rings. The van der Waals surface area contributed by atoms with Crippen molar-refractivity contribution < 1.29 is 14.3 Å². The van der Waals surface area contributed by atoms with Gasteiger partial charge in [0.05, 0.1) is 0 Å². The standard InChI is InChI=1S/C19H19ClN2O3/c1-13-5-7-16(8-6-13)25-12-17(23)22-10-9-21-19(24)18(22)14-3-2-4-15(20)11-14/h2-8,11,18H,9-10,12H2,1H3,(H,21,24). The van der Waals surface area contributed by atoms with Crippen molar-refractivity contribution in [1.29, 1.82) is 0 Å². The van der Waals surface area contributed by atoms with E-state index in [0.717, 1.165) is 5.56 Å². The van der Waals surface area contributed by atoms with Crippen LogP contribution in [0.2, 0.25) is 5.02 Å². The number of hydrogen-bond acceptors (Lipinski definition) is 3. The Balaban J connectivity index is 1.74. The van der Waals surface area contributed by atoms with E-state index in [-0.39, 0.29) is 18.4 Å². The molecule has 1 unspecified atom stereocenters. The Morgan fingerprint density at radius 2 is 2.04 bits per heavy atom. The van der Waals surface area contributed by atoms with E-state index < -0.39 is 6.04 Å². The zero-order valence-corrected chi connectivity index (χ0v) is 14.6. The van der Waals surface area contributed by atoms with Gasteiger partial charge in [-0.25, -0.2) is 0 Å². The van der Waals surface area contributed by atoms with Crippen LogP contribution < -0.4 is 10.1 Å². The van der Waals surface area contributed by atoms with Crippen LogP contribution in [0.3, 0.4) is 0 Å². The van der Waals surface area contributed by atoms with Gasteiger partial charge in [0.2, 0.25) is 5.91 Å². The van der Waals surface area contributed by atoms with Crippen molar-refractivity contribution >= 4 is 23.4 Å². The number of nitrogens with one attached hydrogen (secondary N) is 1. The van der Waals surface area contributed by atoms with Crippen molar-refractivity contribution in [3.05, 3.63) is 64.7 Å². The van der Waals surface area contributed by atoms with E-state index in [4.69, 9.17) is 16.3 Å². The van der Waals surface area contributed by atoms with E-state index in [9.17, 15) is 9.59 Å². The average Bonchev–Trinajstić information content (AvgIpc) is 2.60. The lowest BCUT2D eigenvalue weighted by Gasteiger charge is -2.35. The van der Waals surface area contributed by atoms with Crippen LogP contribution in [0.5, 0.6) is 5.75 Å². The fraction of sp³-hybridized carbons (Fsp3) is 0.263. The summed E-state index contributed by atoms with van der Waals surface area (Å²) in [6, 6.07) is 13.8. The van der Waals surface area contributed by atoms with E-state index in [1.807, 2.05) is 31.2 Å². The lowest BCUT2D eigenvalue weighted by Crippen LogP contribution is -2.53. The highest BCUT2D eigenvalue weighted by molar-refractivity contribution is 6.30. The van der Waals surface area contributed by atoms with Gasteiger partial charge < -0.3 is 15.0 Å². The Morgan fingerprint density at radius 1 is 1.28 bits per heavy atom. The first kappa shape index (κ1) is 17.3. The Morgan fingerprint density at radius 3 is 2.76 bits per heavy atom. The third-order valence-electron chi connectivity index (χ3n) is 4.08. The maximum atomic E-state index is 12.6. The van der Waals surface area contributed by atoms with Crippen LogP contribution in [0.1, 0.15) is 17.2 Å². The molecule has 1 saturated heterocycles. The second kappa shape index (κ2) is 7.57. The Hall–Kier alpha value is -2.53. The molecule has 0 aliphatic carbocycles. The highest BCUT2D eigenvalue weighted by Crippen LogP contribution is 2.26. The molecular weight excluding hydrogens is 340 g/mol. The zero-order valence-electron chi connectivity index (χ0n) is 13.9. The molecular formula is C19H19ClN2O3. The van der Waals surface area contributed by atoms with E-state index >= 15 is 0 Å². The third-order valence-corrected chi connectivity index (χ3v) is 4.32. The van der Waals surface area contributed by atoms with Crippen LogP contribution in [0.4, 0.5) is 0 Å². The fourth-order valence-corrected chi connectivity index (χ4v) is 3.00. The maximum Gasteiger partial charge on any atom is 0.261 e. The summed E-state index contributed by atoms with van der Waals surface area (Å²) in [6.07, 6.45) is 0. The first-order chi connectivity index (χ1) is 12.0. The molecule has 0 bridgehead atoms. The summed E-state index contributed by atoms with van der Waals surface area (Å²) in [5, 5.41) is 3.33. The summed E-state index contributed by atoms with van der Waals surface area (Å²) in [5.41, 5.74) is 1.81. The van der Waals surface area contributed by atoms with Gasteiger partial charge in [-0.15, -0.1) is 0 Å². The fourth-order valence-electron chi connectivity index (χ4n) is 2.81. The molecule has 0 radical (unpaired) electrons. The number of ether oxygens (including phenoxy) is 1. The van der Waals surface area contributed by atoms with Gasteiger partial charge in [0.25, 0.3) is 5.91 Å². The molecule has 0 saturated carbocycles. The number of nitrogens with zero attached hydrogens (tertiary/aromatic N) is 1. The Labute approximate surface area is 151 Å². The van der Waals surface area contributed by atoms with Crippen LogP contribution in [0.25, 0.3) is 0 Å². The average molecular weight is 359 g/mol. The third kappa shape index (κ3) is 4.12. The van der Waals surface area contributed by atoms with Crippen molar-refractivity contribution in [3.63, 3.8) is 0 Å². The number of aryl methyl sites for hydroxylation is 1. The summed E-state index contributed by atoms with van der Waals surface area (Å²) in [4.78, 5) is 26.5. The number of amides is 2. The molecule has 130 valence electrons. The monoisotopic (exact) mass is 358 g/mol. The summed E-state index contributed by atoms with van der Waals surface area (Å²) in [6.45, 7) is 2.72. The number of carbonyl (C=O) groups excluding carboxylic acids is 2. The van der Waals surface area contributed by atoms with E-state index in [2.05, 4.69) is 5.32 Å². The summed E-state index contributed by atoms with van der Waals surface area (Å²) < 4.78 is 5.57. The highest BCUT2D eigenvalue weighted by Gasteiger charge is 2.34. The number of hydrogen-bond donors (Lipinski definition) is 1. The minimum atomic E-state index is -0.693. The van der Waals surface area contributed by atoms with Crippen LogP contribution in [0, 0.1) is 6.92 Å². The quantitative estimate of drug-likeness (QED) is 0.914. The van der Waals surface area contributed by atoms with Crippen molar-refractivity contribution in [1.82, 2.24) is 10.2 Å². The normalized spacial score (nSPS) is 17.1. The number of halogens is 1. The van der Waals surface area contributed by atoms with Crippen LogP contribution in [0.15, 0.2) is 48.5 Å². The van der Waals surface area contributed by atoms with Gasteiger partial charge in [-0.05, 0) is 36.8 Å². The number of benzene rings is 2. The van der Waals surface area contributed by atoms with Gasteiger partial charge in [0, 0.05) is 18.1 Å². The Kier molecular flexibility index (Phi) is 5.24. The molecule has 1 heterocycles. The predicted molar refractivity (Wildman–Crippen MR) is 95.6 cm³/mol. The van der Waals surface area contributed by atoms with Crippen LogP contribution in [-0.4, -0.2) is 36.4 Å².